The number of nitrogens with one attached hydrogen (secondary N) is 2. The topological polar surface area (TPSA) is 90.8 Å². The van der Waals surface area contributed by atoms with Crippen LogP contribution in [-0.4, -0.2) is 26.4 Å². The van der Waals surface area contributed by atoms with E-state index in [1.807, 2.05) is 0 Å². The highest BCUT2D eigenvalue weighted by Crippen LogP contribution is 2.23. The summed E-state index contributed by atoms with van der Waals surface area (Å²) in [5.74, 6) is 0.203. The molecular weight excluding hydrogens is 290 g/mol. The maximum absolute atomic E-state index is 12.1. The van der Waals surface area contributed by atoms with Crippen molar-refractivity contribution < 1.29 is 0 Å². The van der Waals surface area contributed by atoms with Crippen LogP contribution in [0.4, 0.5) is 5.95 Å². The fourth-order valence-corrected chi connectivity index (χ4v) is 3.30. The van der Waals surface area contributed by atoms with Crippen LogP contribution in [0.5, 0.6) is 0 Å². The van der Waals surface area contributed by atoms with Gasteiger partial charge < -0.3 is 10.7 Å². The second kappa shape index (κ2) is 5.24. The highest BCUT2D eigenvalue weighted by atomic mass is 16.1. The number of rotatable bonds is 2. The smallest absolute Gasteiger partial charge is 0.257 e. The standard InChI is InChI=1S/C17H19N5O/c1-10-2-3-14-12(6-10)11(7-19-14)8-22-5-4-15-13(9-22)16(23)21-17(18)20-15/h2-3,6-7,19H,4-5,8-9H2,1H3,(H3,18,20,21,23). The zero-order valence-corrected chi connectivity index (χ0v) is 13.0. The number of hydrogen-bond donors (Lipinski definition) is 3. The first kappa shape index (κ1) is 14.0. The fourth-order valence-electron chi connectivity index (χ4n) is 3.30. The molecule has 0 saturated heterocycles. The average molecular weight is 309 g/mol. The lowest BCUT2D eigenvalue weighted by Gasteiger charge is -2.27. The highest BCUT2D eigenvalue weighted by Gasteiger charge is 2.21. The molecule has 4 rings (SSSR count). The zero-order chi connectivity index (χ0) is 16.0. The lowest BCUT2D eigenvalue weighted by molar-refractivity contribution is 0.243. The molecule has 0 aliphatic carbocycles. The number of nitrogens with two attached hydrogens (primary N) is 1. The van der Waals surface area contributed by atoms with Gasteiger partial charge in [-0.1, -0.05) is 11.6 Å². The van der Waals surface area contributed by atoms with E-state index in [9.17, 15) is 4.79 Å². The summed E-state index contributed by atoms with van der Waals surface area (Å²) in [6, 6.07) is 6.42. The molecule has 6 nitrogen and oxygen atoms in total. The molecule has 3 heterocycles. The van der Waals surface area contributed by atoms with E-state index in [1.54, 1.807) is 0 Å². The van der Waals surface area contributed by atoms with Gasteiger partial charge in [0.1, 0.15) is 0 Å². The Bertz CT molecular complexity index is 940. The van der Waals surface area contributed by atoms with E-state index in [1.165, 1.54) is 16.5 Å². The number of H-pyrrole nitrogens is 2. The summed E-state index contributed by atoms with van der Waals surface area (Å²) < 4.78 is 0. The molecule has 0 amide bonds. The Labute approximate surface area is 133 Å². The number of aromatic nitrogens is 3. The van der Waals surface area contributed by atoms with Crippen molar-refractivity contribution in [2.75, 3.05) is 12.3 Å². The van der Waals surface area contributed by atoms with Gasteiger partial charge in [-0.25, -0.2) is 4.98 Å². The lowest BCUT2D eigenvalue weighted by atomic mass is 10.1. The quantitative estimate of drug-likeness (QED) is 0.672. The Hall–Kier alpha value is -2.60. The number of aryl methyl sites for hydroxylation is 1. The molecule has 0 saturated carbocycles. The van der Waals surface area contributed by atoms with Gasteiger partial charge in [-0.2, -0.15) is 0 Å². The van der Waals surface area contributed by atoms with E-state index < -0.39 is 0 Å². The van der Waals surface area contributed by atoms with Crippen molar-refractivity contribution in [3.05, 3.63) is 57.1 Å². The van der Waals surface area contributed by atoms with Crippen molar-refractivity contribution in [1.29, 1.82) is 0 Å². The summed E-state index contributed by atoms with van der Waals surface area (Å²) >= 11 is 0. The Morgan fingerprint density at radius 3 is 3.13 bits per heavy atom. The van der Waals surface area contributed by atoms with Crippen LogP contribution in [0.3, 0.4) is 0 Å². The van der Waals surface area contributed by atoms with Gasteiger partial charge in [0.2, 0.25) is 5.95 Å². The van der Waals surface area contributed by atoms with Crippen molar-refractivity contribution in [3.63, 3.8) is 0 Å². The molecule has 0 unspecified atom stereocenters. The molecule has 0 spiro atoms. The summed E-state index contributed by atoms with van der Waals surface area (Å²) in [6.45, 7) is 4.40. The maximum Gasteiger partial charge on any atom is 0.257 e. The van der Waals surface area contributed by atoms with Gasteiger partial charge in [0.25, 0.3) is 5.56 Å². The van der Waals surface area contributed by atoms with Gasteiger partial charge in [0.05, 0.1) is 11.3 Å². The van der Waals surface area contributed by atoms with E-state index >= 15 is 0 Å². The summed E-state index contributed by atoms with van der Waals surface area (Å²) in [4.78, 5) is 24.5. The normalized spacial score (nSPS) is 15.0. The number of nitrogens with zero attached hydrogens (tertiary/aromatic N) is 2. The average Bonchev–Trinajstić information content (AvgIpc) is 2.90. The molecule has 118 valence electrons. The number of nitrogen functional groups attached to an aromatic ring is 1. The van der Waals surface area contributed by atoms with Gasteiger partial charge in [0.15, 0.2) is 0 Å². The highest BCUT2D eigenvalue weighted by molar-refractivity contribution is 5.83. The van der Waals surface area contributed by atoms with Crippen LogP contribution < -0.4 is 11.3 Å². The van der Waals surface area contributed by atoms with E-state index in [0.717, 1.165) is 36.3 Å². The summed E-state index contributed by atoms with van der Waals surface area (Å²) in [5, 5.41) is 1.25. The molecular formula is C17H19N5O. The van der Waals surface area contributed by atoms with Gasteiger partial charge in [-0.15, -0.1) is 0 Å². The Morgan fingerprint density at radius 1 is 1.39 bits per heavy atom. The van der Waals surface area contributed by atoms with Crippen molar-refractivity contribution in [3.8, 4) is 0 Å². The van der Waals surface area contributed by atoms with Crippen molar-refractivity contribution >= 4 is 16.9 Å². The first-order valence-corrected chi connectivity index (χ1v) is 7.76. The lowest BCUT2D eigenvalue weighted by Crippen LogP contribution is -2.35. The first-order chi connectivity index (χ1) is 11.1. The van der Waals surface area contributed by atoms with Crippen LogP contribution in [0.2, 0.25) is 0 Å². The van der Waals surface area contributed by atoms with Crippen molar-refractivity contribution in [2.24, 2.45) is 0 Å². The maximum atomic E-state index is 12.1. The molecule has 0 radical (unpaired) electrons. The van der Waals surface area contributed by atoms with Crippen molar-refractivity contribution in [1.82, 2.24) is 19.9 Å². The second-order valence-electron chi connectivity index (χ2n) is 6.20. The number of anilines is 1. The molecule has 1 aliphatic heterocycles. The summed E-state index contributed by atoms with van der Waals surface area (Å²) in [7, 11) is 0. The van der Waals surface area contributed by atoms with E-state index in [4.69, 9.17) is 5.73 Å². The Morgan fingerprint density at radius 2 is 2.26 bits per heavy atom. The van der Waals surface area contributed by atoms with Gasteiger partial charge in [-0.3, -0.25) is 14.7 Å². The minimum absolute atomic E-state index is 0.119. The number of hydrogen-bond acceptors (Lipinski definition) is 4. The monoisotopic (exact) mass is 309 g/mol. The minimum atomic E-state index is -0.119. The zero-order valence-electron chi connectivity index (χ0n) is 13.0. The van der Waals surface area contributed by atoms with Crippen molar-refractivity contribution in [2.45, 2.75) is 26.4 Å². The summed E-state index contributed by atoms with van der Waals surface area (Å²) in [6.07, 6.45) is 2.82. The van der Waals surface area contributed by atoms with Crippen LogP contribution in [-0.2, 0) is 19.5 Å². The molecule has 4 N–H and O–H groups in total. The third-order valence-corrected chi connectivity index (χ3v) is 4.48. The molecule has 0 fully saturated rings. The molecule has 0 bridgehead atoms. The molecule has 1 aromatic carbocycles. The van der Waals surface area contributed by atoms with Gasteiger partial charge in [0, 0.05) is 43.2 Å². The van der Waals surface area contributed by atoms with Gasteiger partial charge in [-0.05, 0) is 24.6 Å². The molecule has 23 heavy (non-hydrogen) atoms. The molecule has 0 atom stereocenters. The predicted octanol–water partition coefficient (Wildman–Crippen LogP) is 1.70. The van der Waals surface area contributed by atoms with Crippen LogP contribution >= 0.6 is 0 Å². The fraction of sp³-hybridized carbons (Fsp3) is 0.294. The predicted molar refractivity (Wildman–Crippen MR) is 90.1 cm³/mol. The van der Waals surface area contributed by atoms with Crippen LogP contribution in [0.15, 0.2) is 29.2 Å². The van der Waals surface area contributed by atoms with Crippen LogP contribution in [0, 0.1) is 6.92 Å². The van der Waals surface area contributed by atoms with E-state index in [0.29, 0.717) is 6.54 Å². The largest absolute Gasteiger partial charge is 0.369 e. The SMILES string of the molecule is Cc1ccc2[nH]cc(CN3CCc4nc(N)[nH]c(=O)c4C3)c2c1. The van der Waals surface area contributed by atoms with Crippen LogP contribution in [0.1, 0.15) is 22.4 Å². The molecule has 2 aromatic heterocycles. The first-order valence-electron chi connectivity index (χ1n) is 7.76. The molecule has 6 heteroatoms. The van der Waals surface area contributed by atoms with Gasteiger partial charge >= 0.3 is 0 Å². The number of aromatic amines is 2. The Balaban J connectivity index is 1.62. The Kier molecular flexibility index (Phi) is 3.20. The van der Waals surface area contributed by atoms with Crippen LogP contribution in [0.25, 0.3) is 10.9 Å². The van der Waals surface area contributed by atoms with E-state index in [-0.39, 0.29) is 11.5 Å². The second-order valence-corrected chi connectivity index (χ2v) is 6.20. The number of benzene rings is 1. The van der Waals surface area contributed by atoms with E-state index in [2.05, 4.69) is 51.2 Å². The third-order valence-electron chi connectivity index (χ3n) is 4.48. The summed E-state index contributed by atoms with van der Waals surface area (Å²) in [5.41, 5.74) is 10.7. The molecule has 3 aromatic rings. The molecule has 1 aliphatic rings. The minimum Gasteiger partial charge on any atom is -0.369 e. The number of fused-ring (bicyclic) bond motifs is 2. The third kappa shape index (κ3) is 2.51.